The van der Waals surface area contributed by atoms with E-state index in [1.54, 1.807) is 24.3 Å². The summed E-state index contributed by atoms with van der Waals surface area (Å²) in [6.07, 6.45) is 1.18. The fourth-order valence-corrected chi connectivity index (χ4v) is 1.63. The lowest BCUT2D eigenvalue weighted by atomic mass is 10.1. The van der Waals surface area contributed by atoms with Crippen LogP contribution in [0.4, 0.5) is 0 Å². The number of hydrogen-bond donors (Lipinski definition) is 2. The summed E-state index contributed by atoms with van der Waals surface area (Å²) in [5.41, 5.74) is 0.354. The van der Waals surface area contributed by atoms with Crippen LogP contribution in [0.5, 0.6) is 0 Å². The van der Waals surface area contributed by atoms with E-state index in [0.717, 1.165) is 5.56 Å². The molecule has 5 nitrogen and oxygen atoms in total. The quantitative estimate of drug-likeness (QED) is 0.802. The largest absolute Gasteiger partial charge is 0.426 e. The molecule has 90 valence electrons. The molecule has 1 atom stereocenters. The molecule has 1 aromatic heterocycles. The molecule has 0 aliphatic rings. The van der Waals surface area contributed by atoms with Gasteiger partial charge >= 0.3 is 5.63 Å². The van der Waals surface area contributed by atoms with Crippen LogP contribution in [-0.2, 0) is 6.54 Å². The van der Waals surface area contributed by atoms with Crippen LogP contribution in [0.15, 0.2) is 39.8 Å². The molecule has 0 aliphatic carbocycles. The van der Waals surface area contributed by atoms with Gasteiger partial charge in [0.15, 0.2) is 6.54 Å². The Morgan fingerprint density at radius 2 is 2.12 bits per heavy atom. The van der Waals surface area contributed by atoms with E-state index in [-0.39, 0.29) is 0 Å². The minimum atomic E-state index is -0.599. The number of benzene rings is 1. The summed E-state index contributed by atoms with van der Waals surface area (Å²) in [5, 5.41) is 13.0. The van der Waals surface area contributed by atoms with Gasteiger partial charge in [-0.15, -0.1) is 0 Å². The summed E-state index contributed by atoms with van der Waals surface area (Å²) >= 11 is 5.75. The van der Waals surface area contributed by atoms with Crippen LogP contribution in [0, 0.1) is 0 Å². The van der Waals surface area contributed by atoms with Gasteiger partial charge in [-0.05, 0) is 23.0 Å². The Balaban J connectivity index is 1.95. The van der Waals surface area contributed by atoms with Crippen LogP contribution in [0.1, 0.15) is 18.1 Å². The van der Waals surface area contributed by atoms with Gasteiger partial charge in [0.1, 0.15) is 0 Å². The lowest BCUT2D eigenvalue weighted by Gasteiger charge is -2.07. The normalized spacial score (nSPS) is 12.6. The average Bonchev–Trinajstić information content (AvgIpc) is 2.73. The Morgan fingerprint density at radius 3 is 2.71 bits per heavy atom. The van der Waals surface area contributed by atoms with Crippen molar-refractivity contribution in [2.75, 3.05) is 0 Å². The van der Waals surface area contributed by atoms with Crippen molar-refractivity contribution in [2.24, 2.45) is 0 Å². The summed E-state index contributed by atoms with van der Waals surface area (Å²) in [5.74, 6) is 0. The average molecular weight is 256 g/mol. The number of aromatic nitrogens is 2. The van der Waals surface area contributed by atoms with Gasteiger partial charge in [0.2, 0.25) is 0 Å². The molecule has 0 spiro atoms. The van der Waals surface area contributed by atoms with Gasteiger partial charge in [-0.1, -0.05) is 28.4 Å². The molecule has 2 rings (SSSR count). The van der Waals surface area contributed by atoms with Gasteiger partial charge in [-0.2, -0.15) is 0 Å². The fraction of sp³-hybridized carbons (Fsp3) is 0.273. The van der Waals surface area contributed by atoms with E-state index < -0.39 is 11.7 Å². The summed E-state index contributed by atoms with van der Waals surface area (Å²) in [6.45, 7) is 0.468. The number of aliphatic hydroxyl groups excluding tert-OH is 1. The smallest absolute Gasteiger partial charge is 0.388 e. The molecule has 1 aromatic carbocycles. The van der Waals surface area contributed by atoms with Crippen molar-refractivity contribution in [3.63, 3.8) is 0 Å². The van der Waals surface area contributed by atoms with Gasteiger partial charge in [0, 0.05) is 11.4 Å². The van der Waals surface area contributed by atoms with Crippen molar-refractivity contribution >= 4 is 11.6 Å². The Bertz CT molecular complexity index is 532. The zero-order valence-corrected chi connectivity index (χ0v) is 9.72. The van der Waals surface area contributed by atoms with Crippen molar-refractivity contribution in [2.45, 2.75) is 19.1 Å². The first-order valence-electron chi connectivity index (χ1n) is 5.16. The molecule has 0 amide bonds. The molecule has 0 saturated carbocycles. The second-order valence-electron chi connectivity index (χ2n) is 3.69. The maximum atomic E-state index is 10.7. The van der Waals surface area contributed by atoms with Crippen LogP contribution >= 0.6 is 11.6 Å². The number of halogens is 1. The number of rotatable bonds is 4. The fourth-order valence-electron chi connectivity index (χ4n) is 1.51. The van der Waals surface area contributed by atoms with E-state index in [1.165, 1.54) is 10.9 Å². The molecule has 0 fully saturated rings. The minimum Gasteiger partial charge on any atom is -0.388 e. The predicted octanol–water partition coefficient (Wildman–Crippen LogP) is 1.03. The zero-order chi connectivity index (χ0) is 12.3. The van der Waals surface area contributed by atoms with Crippen molar-refractivity contribution in [1.82, 2.24) is 5.27 Å². The number of aliphatic hydroxyl groups is 1. The van der Waals surface area contributed by atoms with E-state index in [0.29, 0.717) is 18.0 Å². The van der Waals surface area contributed by atoms with E-state index in [2.05, 4.69) is 9.79 Å². The van der Waals surface area contributed by atoms with Crippen molar-refractivity contribution in [3.05, 3.63) is 51.5 Å². The SMILES string of the molecule is O=c1c[n+](CCC(O)c2ccc(Cl)cc2)[nH]o1. The lowest BCUT2D eigenvalue weighted by molar-refractivity contribution is -0.763. The molecule has 2 aromatic rings. The molecular weight excluding hydrogens is 244 g/mol. The molecule has 1 heterocycles. The topological polar surface area (TPSA) is 70.1 Å². The van der Waals surface area contributed by atoms with Crippen molar-refractivity contribution in [3.8, 4) is 0 Å². The van der Waals surface area contributed by atoms with Crippen LogP contribution in [0.2, 0.25) is 5.02 Å². The maximum Gasteiger partial charge on any atom is 0.426 e. The van der Waals surface area contributed by atoms with E-state index >= 15 is 0 Å². The van der Waals surface area contributed by atoms with Gasteiger partial charge in [-0.25, -0.2) is 4.79 Å². The number of nitrogens with zero attached hydrogens (tertiary/aromatic N) is 1. The van der Waals surface area contributed by atoms with Crippen LogP contribution in [-0.4, -0.2) is 10.4 Å². The number of aromatic amines is 1. The van der Waals surface area contributed by atoms with E-state index in [9.17, 15) is 9.90 Å². The molecule has 2 N–H and O–H groups in total. The second-order valence-corrected chi connectivity index (χ2v) is 4.13. The molecule has 6 heteroatoms. The van der Waals surface area contributed by atoms with Gasteiger partial charge in [0.05, 0.1) is 6.10 Å². The van der Waals surface area contributed by atoms with Gasteiger partial charge < -0.3 is 5.11 Å². The summed E-state index contributed by atoms with van der Waals surface area (Å²) in [6, 6.07) is 7.01. The summed E-state index contributed by atoms with van der Waals surface area (Å²) < 4.78 is 5.99. The molecule has 17 heavy (non-hydrogen) atoms. The molecule has 0 saturated heterocycles. The van der Waals surface area contributed by atoms with Crippen LogP contribution in [0.3, 0.4) is 0 Å². The minimum absolute atomic E-state index is 0.439. The van der Waals surface area contributed by atoms with Gasteiger partial charge in [-0.3, -0.25) is 4.52 Å². The number of aryl methyl sites for hydroxylation is 1. The molecule has 0 radical (unpaired) electrons. The molecular formula is C11H12ClN2O3+. The highest BCUT2D eigenvalue weighted by atomic mass is 35.5. The third kappa shape index (κ3) is 3.18. The highest BCUT2D eigenvalue weighted by Gasteiger charge is 2.12. The summed E-state index contributed by atoms with van der Waals surface area (Å²) in [7, 11) is 0. The van der Waals surface area contributed by atoms with Crippen LogP contribution in [0.25, 0.3) is 0 Å². The Labute approximate surface area is 102 Å². The second kappa shape index (κ2) is 5.16. The molecule has 0 aliphatic heterocycles. The van der Waals surface area contributed by atoms with E-state index in [1.807, 2.05) is 0 Å². The third-order valence-corrected chi connectivity index (χ3v) is 2.67. The maximum absolute atomic E-state index is 10.7. The first kappa shape index (κ1) is 11.9. The summed E-state index contributed by atoms with van der Waals surface area (Å²) in [4.78, 5) is 10.7. The highest BCUT2D eigenvalue weighted by molar-refractivity contribution is 6.30. The molecule has 0 bridgehead atoms. The van der Waals surface area contributed by atoms with Crippen molar-refractivity contribution in [1.29, 1.82) is 0 Å². The highest BCUT2D eigenvalue weighted by Crippen LogP contribution is 2.18. The number of nitrogens with one attached hydrogen (secondary N) is 1. The first-order chi connectivity index (χ1) is 8.15. The zero-order valence-electron chi connectivity index (χ0n) is 8.97. The Kier molecular flexibility index (Phi) is 3.61. The number of H-pyrrole nitrogens is 1. The Morgan fingerprint density at radius 1 is 1.41 bits per heavy atom. The third-order valence-electron chi connectivity index (χ3n) is 2.42. The van der Waals surface area contributed by atoms with Crippen molar-refractivity contribution < 1.29 is 14.3 Å². The van der Waals surface area contributed by atoms with Crippen LogP contribution < -0.4 is 10.3 Å². The number of hydrogen-bond acceptors (Lipinski definition) is 3. The van der Waals surface area contributed by atoms with Gasteiger partial charge in [0.25, 0.3) is 6.20 Å². The first-order valence-corrected chi connectivity index (χ1v) is 5.54. The monoisotopic (exact) mass is 255 g/mol. The predicted molar refractivity (Wildman–Crippen MR) is 60.6 cm³/mol. The molecule has 1 unspecified atom stereocenters. The van der Waals surface area contributed by atoms with E-state index in [4.69, 9.17) is 11.6 Å². The lowest BCUT2D eigenvalue weighted by Crippen LogP contribution is -2.36. The standard InChI is InChI=1S/C11H11ClN2O3/c12-9-3-1-8(2-4-9)10(15)5-6-14-7-11(16)17-13-14/h1-4,7,10,15H,5-6H2/p+1. The Hall–Kier alpha value is -1.59.